The Bertz CT molecular complexity index is 481. The third kappa shape index (κ3) is 3.22. The van der Waals surface area contributed by atoms with Crippen molar-refractivity contribution in [3.8, 4) is 0 Å². The van der Waals surface area contributed by atoms with Crippen LogP contribution < -0.4 is 5.32 Å². The van der Waals surface area contributed by atoms with E-state index in [-0.39, 0.29) is 11.8 Å². The lowest BCUT2D eigenvalue weighted by Gasteiger charge is -2.21. The van der Waals surface area contributed by atoms with E-state index in [0.717, 1.165) is 12.8 Å². The van der Waals surface area contributed by atoms with Crippen molar-refractivity contribution in [3.63, 3.8) is 0 Å². The Morgan fingerprint density at radius 2 is 2.05 bits per heavy atom. The van der Waals surface area contributed by atoms with E-state index in [1.54, 1.807) is 24.3 Å². The summed E-state index contributed by atoms with van der Waals surface area (Å²) >= 11 is 0. The van der Waals surface area contributed by atoms with Crippen LogP contribution in [0.25, 0.3) is 0 Å². The summed E-state index contributed by atoms with van der Waals surface area (Å²) in [6, 6.07) is 8.24. The number of carbonyl (C=O) groups is 2. The van der Waals surface area contributed by atoms with Crippen LogP contribution in [0.2, 0.25) is 0 Å². The predicted octanol–water partition coefficient (Wildman–Crippen LogP) is 1.92. The molecule has 1 N–H and O–H groups in total. The minimum atomic E-state index is -0.614. The van der Waals surface area contributed by atoms with Gasteiger partial charge in [-0.15, -0.1) is 0 Å². The molecule has 4 heteroatoms. The first-order chi connectivity index (χ1) is 9.22. The average Bonchev–Trinajstić information content (AvgIpc) is 2.98. The normalized spacial score (nSPS) is 18.9. The Labute approximate surface area is 112 Å². The second-order valence-electron chi connectivity index (χ2n) is 4.51. The van der Waals surface area contributed by atoms with E-state index in [1.165, 1.54) is 7.11 Å². The van der Waals surface area contributed by atoms with Crippen LogP contribution in [0.3, 0.4) is 0 Å². The van der Waals surface area contributed by atoms with Crippen LogP contribution in [0.15, 0.2) is 42.5 Å². The Morgan fingerprint density at radius 3 is 2.63 bits per heavy atom. The summed E-state index contributed by atoms with van der Waals surface area (Å²) < 4.78 is 4.77. The fourth-order valence-corrected chi connectivity index (χ4v) is 2.22. The lowest BCUT2D eigenvalue weighted by Crippen LogP contribution is -2.45. The van der Waals surface area contributed by atoms with Crippen LogP contribution in [-0.2, 0) is 9.53 Å². The largest absolute Gasteiger partial charge is 0.467 e. The van der Waals surface area contributed by atoms with Gasteiger partial charge in [-0.3, -0.25) is 4.79 Å². The topological polar surface area (TPSA) is 55.4 Å². The number of esters is 1. The zero-order valence-electron chi connectivity index (χ0n) is 10.8. The number of benzene rings is 1. The third-order valence-electron chi connectivity index (χ3n) is 3.26. The highest BCUT2D eigenvalue weighted by Crippen LogP contribution is 2.21. The Morgan fingerprint density at radius 1 is 1.32 bits per heavy atom. The molecule has 1 aliphatic rings. The summed E-state index contributed by atoms with van der Waals surface area (Å²) in [5.74, 6) is -0.641. The lowest BCUT2D eigenvalue weighted by atomic mass is 9.99. The summed E-state index contributed by atoms with van der Waals surface area (Å²) in [5.41, 5.74) is 0.540. The zero-order chi connectivity index (χ0) is 13.7. The van der Waals surface area contributed by atoms with E-state index in [9.17, 15) is 9.59 Å². The van der Waals surface area contributed by atoms with E-state index >= 15 is 0 Å². The van der Waals surface area contributed by atoms with Crippen molar-refractivity contribution in [2.45, 2.75) is 18.9 Å². The minimum absolute atomic E-state index is 0.0140. The maximum absolute atomic E-state index is 12.1. The van der Waals surface area contributed by atoms with Crippen LogP contribution in [-0.4, -0.2) is 25.0 Å². The smallest absolute Gasteiger partial charge is 0.328 e. The molecule has 0 fully saturated rings. The molecule has 0 radical (unpaired) electrons. The Balaban J connectivity index is 2.10. The summed E-state index contributed by atoms with van der Waals surface area (Å²) in [5, 5.41) is 2.76. The van der Waals surface area contributed by atoms with Crippen molar-refractivity contribution in [2.24, 2.45) is 5.92 Å². The second kappa shape index (κ2) is 6.18. The van der Waals surface area contributed by atoms with Gasteiger partial charge in [0.25, 0.3) is 5.91 Å². The van der Waals surface area contributed by atoms with E-state index in [0.29, 0.717) is 5.56 Å². The standard InChI is InChI=1S/C15H17NO3/c1-19-15(18)13(11-7-5-6-8-11)16-14(17)12-9-3-2-4-10-12/h2-5,7,9-11,13H,6,8H2,1H3,(H,16,17). The third-order valence-corrected chi connectivity index (χ3v) is 3.26. The Kier molecular flexibility index (Phi) is 4.34. The summed E-state index contributed by atoms with van der Waals surface area (Å²) in [6.45, 7) is 0. The monoisotopic (exact) mass is 259 g/mol. The van der Waals surface area contributed by atoms with Crippen LogP contribution in [0.1, 0.15) is 23.2 Å². The molecule has 2 rings (SSSR count). The van der Waals surface area contributed by atoms with Crippen molar-refractivity contribution >= 4 is 11.9 Å². The maximum Gasteiger partial charge on any atom is 0.328 e. The van der Waals surface area contributed by atoms with Crippen molar-refractivity contribution in [1.29, 1.82) is 0 Å². The van der Waals surface area contributed by atoms with Gasteiger partial charge in [0.2, 0.25) is 0 Å². The molecule has 19 heavy (non-hydrogen) atoms. The zero-order valence-corrected chi connectivity index (χ0v) is 10.8. The molecule has 2 atom stereocenters. The highest BCUT2D eigenvalue weighted by Gasteiger charge is 2.30. The quantitative estimate of drug-likeness (QED) is 0.664. The van der Waals surface area contributed by atoms with Crippen LogP contribution in [0, 0.1) is 5.92 Å². The second-order valence-corrected chi connectivity index (χ2v) is 4.51. The molecule has 1 amide bonds. The number of rotatable bonds is 4. The number of carbonyl (C=O) groups excluding carboxylic acids is 2. The first-order valence-corrected chi connectivity index (χ1v) is 6.33. The van der Waals surface area contributed by atoms with Gasteiger partial charge in [0.1, 0.15) is 6.04 Å². The van der Waals surface area contributed by atoms with E-state index < -0.39 is 12.0 Å². The van der Waals surface area contributed by atoms with Gasteiger partial charge in [-0.25, -0.2) is 4.79 Å². The van der Waals surface area contributed by atoms with Crippen molar-refractivity contribution in [2.75, 3.05) is 7.11 Å². The SMILES string of the molecule is COC(=O)C(NC(=O)c1ccccc1)C1C=CCC1. The first-order valence-electron chi connectivity index (χ1n) is 6.33. The molecular formula is C15H17NO3. The molecule has 100 valence electrons. The molecule has 0 aromatic heterocycles. The number of nitrogens with one attached hydrogen (secondary N) is 1. The number of amides is 1. The van der Waals surface area contributed by atoms with E-state index in [1.807, 2.05) is 18.2 Å². The number of ether oxygens (including phenoxy) is 1. The number of hydrogen-bond donors (Lipinski definition) is 1. The van der Waals surface area contributed by atoms with Gasteiger partial charge in [0, 0.05) is 11.5 Å². The van der Waals surface area contributed by atoms with Gasteiger partial charge in [-0.05, 0) is 25.0 Å². The molecule has 4 nitrogen and oxygen atoms in total. The average molecular weight is 259 g/mol. The highest BCUT2D eigenvalue weighted by atomic mass is 16.5. The first kappa shape index (κ1) is 13.3. The number of hydrogen-bond acceptors (Lipinski definition) is 3. The van der Waals surface area contributed by atoms with Gasteiger partial charge < -0.3 is 10.1 Å². The molecule has 2 unspecified atom stereocenters. The van der Waals surface area contributed by atoms with Crippen molar-refractivity contribution < 1.29 is 14.3 Å². The Hall–Kier alpha value is -2.10. The summed E-state index contributed by atoms with van der Waals surface area (Å²) in [6.07, 6.45) is 5.77. The van der Waals surface area contributed by atoms with Gasteiger partial charge in [-0.1, -0.05) is 30.4 Å². The van der Waals surface area contributed by atoms with Gasteiger partial charge >= 0.3 is 5.97 Å². The van der Waals surface area contributed by atoms with E-state index in [4.69, 9.17) is 4.74 Å². The molecule has 0 bridgehead atoms. The van der Waals surface area contributed by atoms with Crippen LogP contribution >= 0.6 is 0 Å². The molecule has 1 aliphatic carbocycles. The molecule has 1 aromatic rings. The molecule has 0 heterocycles. The van der Waals surface area contributed by atoms with Crippen LogP contribution in [0.4, 0.5) is 0 Å². The maximum atomic E-state index is 12.1. The molecule has 1 aromatic carbocycles. The van der Waals surface area contributed by atoms with E-state index in [2.05, 4.69) is 5.32 Å². The van der Waals surface area contributed by atoms with Crippen LogP contribution in [0.5, 0.6) is 0 Å². The fraction of sp³-hybridized carbons (Fsp3) is 0.333. The molecule has 0 spiro atoms. The van der Waals surface area contributed by atoms with Crippen molar-refractivity contribution in [1.82, 2.24) is 5.32 Å². The molecular weight excluding hydrogens is 242 g/mol. The highest BCUT2D eigenvalue weighted by molar-refractivity contribution is 5.96. The lowest BCUT2D eigenvalue weighted by molar-refractivity contribution is -0.143. The summed E-state index contributed by atoms with van der Waals surface area (Å²) in [4.78, 5) is 23.9. The van der Waals surface area contributed by atoms with Gasteiger partial charge in [0.05, 0.1) is 7.11 Å². The number of allylic oxidation sites excluding steroid dienone is 1. The predicted molar refractivity (Wildman–Crippen MR) is 71.6 cm³/mol. The number of methoxy groups -OCH3 is 1. The van der Waals surface area contributed by atoms with Gasteiger partial charge in [0.15, 0.2) is 0 Å². The fourth-order valence-electron chi connectivity index (χ4n) is 2.22. The molecule has 0 saturated heterocycles. The minimum Gasteiger partial charge on any atom is -0.467 e. The van der Waals surface area contributed by atoms with Crippen molar-refractivity contribution in [3.05, 3.63) is 48.0 Å². The molecule has 0 aliphatic heterocycles. The van der Waals surface area contributed by atoms with Gasteiger partial charge in [-0.2, -0.15) is 0 Å². The molecule has 0 saturated carbocycles. The summed E-state index contributed by atoms with van der Waals surface area (Å²) in [7, 11) is 1.34.